The molecular formula is C27H28N4O5. The number of carbonyl (C=O) groups is 2. The molecule has 9 heteroatoms. The molecule has 0 unspecified atom stereocenters. The van der Waals surface area contributed by atoms with Crippen molar-refractivity contribution in [2.24, 2.45) is 0 Å². The zero-order chi connectivity index (χ0) is 24.9. The Hall–Kier alpha value is -3.82. The van der Waals surface area contributed by atoms with E-state index in [9.17, 15) is 14.7 Å². The second-order valence-electron chi connectivity index (χ2n) is 9.08. The minimum absolute atomic E-state index is 0.0564. The lowest BCUT2D eigenvalue weighted by Gasteiger charge is -2.37. The average Bonchev–Trinajstić information content (AvgIpc) is 3.26. The average molecular weight is 489 g/mol. The predicted octanol–water partition coefficient (Wildman–Crippen LogP) is 2.36. The lowest BCUT2D eigenvalue weighted by Crippen LogP contribution is -2.47. The maximum absolute atomic E-state index is 12.6. The van der Waals surface area contributed by atoms with Crippen molar-refractivity contribution in [3.8, 4) is 5.75 Å². The number of carbonyl (C=O) groups excluding carboxylic acids is 2. The van der Waals surface area contributed by atoms with Gasteiger partial charge >= 0.3 is 0 Å². The van der Waals surface area contributed by atoms with E-state index in [0.29, 0.717) is 24.4 Å². The van der Waals surface area contributed by atoms with Crippen molar-refractivity contribution in [1.82, 2.24) is 15.3 Å². The Morgan fingerprint density at radius 1 is 1.03 bits per heavy atom. The molecule has 2 amide bonds. The summed E-state index contributed by atoms with van der Waals surface area (Å²) >= 11 is 0. The molecule has 4 heterocycles. The molecule has 0 spiro atoms. The van der Waals surface area contributed by atoms with E-state index in [-0.39, 0.29) is 49.4 Å². The number of hydrogen-bond acceptors (Lipinski definition) is 7. The van der Waals surface area contributed by atoms with Crippen LogP contribution in [0.5, 0.6) is 5.75 Å². The summed E-state index contributed by atoms with van der Waals surface area (Å²) in [7, 11) is 0. The first-order chi connectivity index (χ1) is 17.6. The van der Waals surface area contributed by atoms with Crippen LogP contribution in [-0.2, 0) is 27.3 Å². The Morgan fingerprint density at radius 3 is 2.67 bits per heavy atom. The first kappa shape index (κ1) is 23.9. The third kappa shape index (κ3) is 5.53. The highest BCUT2D eigenvalue weighted by Gasteiger charge is 2.46. The van der Waals surface area contributed by atoms with E-state index < -0.39 is 6.10 Å². The number of pyridine rings is 2. The van der Waals surface area contributed by atoms with Gasteiger partial charge in [0.05, 0.1) is 25.6 Å². The molecule has 36 heavy (non-hydrogen) atoms. The van der Waals surface area contributed by atoms with Gasteiger partial charge in [-0.3, -0.25) is 19.6 Å². The minimum Gasteiger partial charge on any atom is -0.487 e. The summed E-state index contributed by atoms with van der Waals surface area (Å²) in [5.41, 5.74) is 3.42. The molecule has 186 valence electrons. The van der Waals surface area contributed by atoms with Gasteiger partial charge in [-0.1, -0.05) is 6.07 Å². The molecule has 2 aromatic heterocycles. The van der Waals surface area contributed by atoms with Crippen molar-refractivity contribution in [2.75, 3.05) is 11.9 Å². The molecule has 2 aliphatic heterocycles. The summed E-state index contributed by atoms with van der Waals surface area (Å²) in [6, 6.07) is 12.9. The maximum atomic E-state index is 12.6. The van der Waals surface area contributed by atoms with Crippen LogP contribution >= 0.6 is 0 Å². The van der Waals surface area contributed by atoms with E-state index >= 15 is 0 Å². The second-order valence-corrected chi connectivity index (χ2v) is 9.08. The summed E-state index contributed by atoms with van der Waals surface area (Å²) in [6.45, 7) is 0.182. The zero-order valence-corrected chi connectivity index (χ0v) is 19.7. The Kier molecular flexibility index (Phi) is 7.20. The van der Waals surface area contributed by atoms with E-state index in [4.69, 9.17) is 9.47 Å². The van der Waals surface area contributed by atoms with Crippen LogP contribution in [0.25, 0.3) is 0 Å². The fraction of sp³-hybridized carbons (Fsp3) is 0.333. The standard InChI is InChI=1S/C27H28N4O5/c32-16-24-27-22(12-20(35-24)13-25(33)30-15-18-2-1-7-29-14-18)21-11-19(3-4-23(21)36-27)31-26(34)10-17-5-8-28-9-6-17/h1-9,11,14,20,22,24,27,32H,10,12-13,15-16H2,(H,30,33)(H,31,34)/t20-,22+,24-,27-/m0/s1. The molecule has 4 atom stereocenters. The summed E-state index contributed by atoms with van der Waals surface area (Å²) < 4.78 is 12.2. The van der Waals surface area contributed by atoms with Crippen molar-refractivity contribution >= 4 is 17.5 Å². The fourth-order valence-corrected chi connectivity index (χ4v) is 4.84. The van der Waals surface area contributed by atoms with Crippen molar-refractivity contribution in [3.63, 3.8) is 0 Å². The lowest BCUT2D eigenvalue weighted by atomic mass is 9.84. The Bertz CT molecular complexity index is 1210. The van der Waals surface area contributed by atoms with Gasteiger partial charge < -0.3 is 25.2 Å². The van der Waals surface area contributed by atoms with Crippen LogP contribution in [0.3, 0.4) is 0 Å². The van der Waals surface area contributed by atoms with Crippen LogP contribution in [0.4, 0.5) is 5.69 Å². The van der Waals surface area contributed by atoms with E-state index in [1.54, 1.807) is 30.9 Å². The highest BCUT2D eigenvalue weighted by atomic mass is 16.6. The van der Waals surface area contributed by atoms with Gasteiger partial charge in [0.2, 0.25) is 11.8 Å². The van der Waals surface area contributed by atoms with E-state index in [0.717, 1.165) is 16.7 Å². The summed E-state index contributed by atoms with van der Waals surface area (Å²) in [5, 5.41) is 15.8. The molecule has 3 N–H and O–H groups in total. The third-order valence-electron chi connectivity index (χ3n) is 6.52. The minimum atomic E-state index is -0.544. The summed E-state index contributed by atoms with van der Waals surface area (Å²) in [4.78, 5) is 33.2. The van der Waals surface area contributed by atoms with E-state index in [1.165, 1.54) is 0 Å². The highest BCUT2D eigenvalue weighted by molar-refractivity contribution is 5.92. The lowest BCUT2D eigenvalue weighted by molar-refractivity contribution is -0.142. The third-order valence-corrected chi connectivity index (χ3v) is 6.52. The Morgan fingerprint density at radius 2 is 1.89 bits per heavy atom. The number of nitrogens with one attached hydrogen (secondary N) is 2. The van der Waals surface area contributed by atoms with Gasteiger partial charge in [0.1, 0.15) is 18.0 Å². The number of ether oxygens (including phenoxy) is 2. The van der Waals surface area contributed by atoms with Gasteiger partial charge in [0.25, 0.3) is 0 Å². The van der Waals surface area contributed by atoms with Gasteiger partial charge in [-0.2, -0.15) is 0 Å². The van der Waals surface area contributed by atoms with Crippen LogP contribution in [0.1, 0.15) is 35.4 Å². The van der Waals surface area contributed by atoms with Crippen LogP contribution in [0, 0.1) is 0 Å². The van der Waals surface area contributed by atoms with E-state index in [1.807, 2.05) is 36.4 Å². The molecule has 5 rings (SSSR count). The van der Waals surface area contributed by atoms with Crippen LogP contribution in [0.15, 0.2) is 67.3 Å². The summed E-state index contributed by atoms with van der Waals surface area (Å²) in [6.07, 6.45) is 6.47. The number of benzene rings is 1. The van der Waals surface area contributed by atoms with Crippen LogP contribution in [0.2, 0.25) is 0 Å². The molecule has 2 aliphatic rings. The Labute approximate surface area is 208 Å². The van der Waals surface area contributed by atoms with Crippen LogP contribution < -0.4 is 15.4 Å². The van der Waals surface area contributed by atoms with Crippen molar-refractivity contribution < 1.29 is 24.2 Å². The van der Waals surface area contributed by atoms with Crippen molar-refractivity contribution in [1.29, 1.82) is 0 Å². The van der Waals surface area contributed by atoms with Gasteiger partial charge in [-0.25, -0.2) is 0 Å². The smallest absolute Gasteiger partial charge is 0.228 e. The SMILES string of the molecule is O=C(C[C@@H]1C[C@@H]2c3cc(NC(=O)Cc4ccncc4)ccc3O[C@@H]2[C@H](CO)O1)NCc1cccnc1. The fourth-order valence-electron chi connectivity index (χ4n) is 4.84. The van der Waals surface area contributed by atoms with Gasteiger partial charge in [0.15, 0.2) is 0 Å². The van der Waals surface area contributed by atoms with Crippen molar-refractivity contribution in [3.05, 3.63) is 83.9 Å². The molecule has 3 aromatic rings. The highest BCUT2D eigenvalue weighted by Crippen LogP contribution is 2.47. The molecule has 0 bridgehead atoms. The number of anilines is 1. The molecule has 0 radical (unpaired) electrons. The maximum Gasteiger partial charge on any atom is 0.228 e. The molecular weight excluding hydrogens is 460 g/mol. The molecule has 9 nitrogen and oxygen atoms in total. The number of rotatable bonds is 8. The number of aromatic nitrogens is 2. The van der Waals surface area contributed by atoms with Crippen molar-refractivity contribution in [2.45, 2.75) is 50.0 Å². The van der Waals surface area contributed by atoms with E-state index in [2.05, 4.69) is 20.6 Å². The molecule has 1 aromatic carbocycles. The molecule has 1 saturated heterocycles. The number of fused-ring (bicyclic) bond motifs is 3. The van der Waals surface area contributed by atoms with Crippen LogP contribution in [-0.4, -0.2) is 51.8 Å². The zero-order valence-electron chi connectivity index (χ0n) is 19.7. The number of hydrogen-bond donors (Lipinski definition) is 3. The number of aliphatic hydroxyl groups is 1. The van der Waals surface area contributed by atoms with Gasteiger partial charge in [0, 0.05) is 48.5 Å². The largest absolute Gasteiger partial charge is 0.487 e. The first-order valence-electron chi connectivity index (χ1n) is 12.0. The molecule has 1 fully saturated rings. The quantitative estimate of drug-likeness (QED) is 0.445. The molecule has 0 saturated carbocycles. The summed E-state index contributed by atoms with van der Waals surface area (Å²) in [5.74, 6) is 0.398. The number of aliphatic hydroxyl groups excluding tert-OH is 1. The predicted molar refractivity (Wildman–Crippen MR) is 131 cm³/mol. The monoisotopic (exact) mass is 488 g/mol. The first-order valence-corrected chi connectivity index (χ1v) is 12.0. The normalized spacial score (nSPS) is 22.1. The Balaban J connectivity index is 1.24. The van der Waals surface area contributed by atoms with Gasteiger partial charge in [-0.05, 0) is 53.9 Å². The van der Waals surface area contributed by atoms with Gasteiger partial charge in [-0.15, -0.1) is 0 Å². The number of amides is 2. The topological polar surface area (TPSA) is 123 Å². The second kappa shape index (κ2) is 10.8. The molecule has 0 aliphatic carbocycles. The number of nitrogens with zero attached hydrogens (tertiary/aromatic N) is 2.